The molecule has 0 aromatic heterocycles. The van der Waals surface area contributed by atoms with Gasteiger partial charge in [-0.3, -0.25) is 0 Å². The van der Waals surface area contributed by atoms with Gasteiger partial charge in [-0.15, -0.1) is 0 Å². The summed E-state index contributed by atoms with van der Waals surface area (Å²) in [6.45, 7) is 2.18. The monoisotopic (exact) mass is 314 g/mol. The van der Waals surface area contributed by atoms with E-state index in [0.29, 0.717) is 0 Å². The minimum absolute atomic E-state index is 0.00816. The van der Waals surface area contributed by atoms with E-state index in [1.807, 2.05) is 12.1 Å². The van der Waals surface area contributed by atoms with E-state index in [9.17, 15) is 8.78 Å². The molecule has 0 N–H and O–H groups in total. The largest absolute Gasteiger partial charge is 0.263 e. The molecule has 0 aliphatic heterocycles. The Morgan fingerprint density at radius 3 is 1.87 bits per heavy atom. The van der Waals surface area contributed by atoms with E-state index in [4.69, 9.17) is 0 Å². The number of unbranched alkanes of at least 4 members (excludes halogenated alkanes) is 1. The predicted molar refractivity (Wildman–Crippen MR) is 91.6 cm³/mol. The summed E-state index contributed by atoms with van der Waals surface area (Å²) in [6.07, 6.45) is 4.26. The zero-order valence-corrected chi connectivity index (χ0v) is 13.1. The van der Waals surface area contributed by atoms with E-state index in [-0.39, 0.29) is 5.56 Å². The van der Waals surface area contributed by atoms with Gasteiger partial charge in [0.2, 0.25) is 0 Å². The van der Waals surface area contributed by atoms with Crippen molar-refractivity contribution in [2.24, 2.45) is 10.2 Å². The third kappa shape index (κ3) is 5.74. The normalized spacial score (nSPS) is 11.8. The lowest BCUT2D eigenvalue weighted by Crippen LogP contribution is -1.87. The van der Waals surface area contributed by atoms with Crippen LogP contribution in [0.15, 0.2) is 58.7 Å². The van der Waals surface area contributed by atoms with E-state index in [1.165, 1.54) is 30.5 Å². The highest BCUT2D eigenvalue weighted by Gasteiger charge is 2.04. The van der Waals surface area contributed by atoms with Gasteiger partial charge in [-0.1, -0.05) is 61.9 Å². The van der Waals surface area contributed by atoms with E-state index >= 15 is 0 Å². The topological polar surface area (TPSA) is 24.7 Å². The zero-order chi connectivity index (χ0) is 16.5. The summed E-state index contributed by atoms with van der Waals surface area (Å²) in [5, 5.41) is 7.92. The molecule has 0 fully saturated rings. The summed E-state index contributed by atoms with van der Waals surface area (Å²) in [6, 6.07) is 14.2. The van der Waals surface area contributed by atoms with Crippen molar-refractivity contribution >= 4 is 12.4 Å². The van der Waals surface area contributed by atoms with Gasteiger partial charge >= 0.3 is 0 Å². The lowest BCUT2D eigenvalue weighted by Gasteiger charge is -1.99. The Morgan fingerprint density at radius 2 is 1.39 bits per heavy atom. The van der Waals surface area contributed by atoms with Crippen LogP contribution in [0.1, 0.15) is 48.4 Å². The number of hydrogen-bond acceptors (Lipinski definition) is 2. The van der Waals surface area contributed by atoms with Gasteiger partial charge in [0, 0.05) is 5.56 Å². The molecule has 2 aromatic rings. The van der Waals surface area contributed by atoms with Gasteiger partial charge in [-0.25, -0.2) is 8.78 Å². The maximum atomic E-state index is 12.4. The molecule has 0 heterocycles. The molecule has 0 atom stereocenters. The molecule has 120 valence electrons. The van der Waals surface area contributed by atoms with Crippen molar-refractivity contribution in [3.8, 4) is 0 Å². The summed E-state index contributed by atoms with van der Waals surface area (Å²) in [7, 11) is 0. The Labute approximate surface area is 135 Å². The highest BCUT2D eigenvalue weighted by Crippen LogP contribution is 2.18. The van der Waals surface area contributed by atoms with Crippen LogP contribution in [0.4, 0.5) is 8.78 Å². The standard InChI is InChI=1S/C19H20F2N2/c1-2-3-4-15-5-7-16(8-6-15)13-22-23-14-17-9-11-18(12-10-17)19(20)21/h5-14,19H,2-4H2,1H3. The van der Waals surface area contributed by atoms with Crippen LogP contribution < -0.4 is 0 Å². The first-order valence-electron chi connectivity index (χ1n) is 7.72. The van der Waals surface area contributed by atoms with Crippen molar-refractivity contribution < 1.29 is 8.78 Å². The molecule has 4 heteroatoms. The van der Waals surface area contributed by atoms with Crippen LogP contribution in [-0.4, -0.2) is 12.4 Å². The second-order valence-corrected chi connectivity index (χ2v) is 5.30. The van der Waals surface area contributed by atoms with Crippen molar-refractivity contribution in [2.75, 3.05) is 0 Å². The van der Waals surface area contributed by atoms with Crippen LogP contribution in [0, 0.1) is 0 Å². The minimum atomic E-state index is -2.45. The van der Waals surface area contributed by atoms with Crippen molar-refractivity contribution in [3.05, 3.63) is 70.8 Å². The van der Waals surface area contributed by atoms with Gasteiger partial charge in [0.1, 0.15) is 0 Å². The summed E-state index contributed by atoms with van der Waals surface area (Å²) in [5.41, 5.74) is 3.05. The number of halogens is 2. The molecule has 0 spiro atoms. The zero-order valence-electron chi connectivity index (χ0n) is 13.1. The minimum Gasteiger partial charge on any atom is -0.205 e. The second kappa shape index (κ2) is 8.93. The van der Waals surface area contributed by atoms with Crippen LogP contribution in [0.2, 0.25) is 0 Å². The number of alkyl halides is 2. The van der Waals surface area contributed by atoms with Crippen LogP contribution in [0.3, 0.4) is 0 Å². The fourth-order valence-corrected chi connectivity index (χ4v) is 2.08. The molecule has 0 saturated heterocycles. The molecule has 23 heavy (non-hydrogen) atoms. The fourth-order valence-electron chi connectivity index (χ4n) is 2.08. The molecular weight excluding hydrogens is 294 g/mol. The first kappa shape index (κ1) is 17.0. The Balaban J connectivity index is 1.90. The third-order valence-electron chi connectivity index (χ3n) is 3.47. The van der Waals surface area contributed by atoms with E-state index in [2.05, 4.69) is 29.3 Å². The Bertz CT molecular complexity index is 644. The maximum absolute atomic E-state index is 12.4. The van der Waals surface area contributed by atoms with Crippen LogP contribution in [-0.2, 0) is 6.42 Å². The maximum Gasteiger partial charge on any atom is 0.263 e. The SMILES string of the molecule is CCCCc1ccc(C=NN=Cc2ccc(C(F)F)cc2)cc1. The third-order valence-corrected chi connectivity index (χ3v) is 3.47. The quantitative estimate of drug-likeness (QED) is 0.481. The van der Waals surface area contributed by atoms with Gasteiger partial charge in [-0.2, -0.15) is 10.2 Å². The highest BCUT2D eigenvalue weighted by atomic mass is 19.3. The molecule has 2 nitrogen and oxygen atoms in total. The van der Waals surface area contributed by atoms with Crippen LogP contribution in [0.25, 0.3) is 0 Å². The van der Waals surface area contributed by atoms with Crippen LogP contribution in [0.5, 0.6) is 0 Å². The van der Waals surface area contributed by atoms with E-state index in [0.717, 1.165) is 17.5 Å². The average molecular weight is 314 g/mol. The summed E-state index contributed by atoms with van der Waals surface area (Å²) in [4.78, 5) is 0. The first-order chi connectivity index (χ1) is 11.2. The number of nitrogens with zero attached hydrogens (tertiary/aromatic N) is 2. The summed E-state index contributed by atoms with van der Waals surface area (Å²) < 4.78 is 24.9. The molecule has 0 radical (unpaired) electrons. The number of aryl methyl sites for hydroxylation is 1. The summed E-state index contributed by atoms with van der Waals surface area (Å²) in [5.74, 6) is 0. The Morgan fingerprint density at radius 1 is 0.870 bits per heavy atom. The smallest absolute Gasteiger partial charge is 0.205 e. The second-order valence-electron chi connectivity index (χ2n) is 5.30. The summed E-state index contributed by atoms with van der Waals surface area (Å²) >= 11 is 0. The lowest BCUT2D eigenvalue weighted by molar-refractivity contribution is 0.151. The van der Waals surface area contributed by atoms with Gasteiger partial charge in [-0.05, 0) is 29.5 Å². The van der Waals surface area contributed by atoms with Gasteiger partial charge in [0.15, 0.2) is 0 Å². The number of hydrogen-bond donors (Lipinski definition) is 0. The molecule has 0 aliphatic carbocycles. The number of benzene rings is 2. The molecule has 2 aromatic carbocycles. The van der Waals surface area contributed by atoms with Crippen molar-refractivity contribution in [2.45, 2.75) is 32.6 Å². The average Bonchev–Trinajstić information content (AvgIpc) is 2.58. The fraction of sp³-hybridized carbons (Fsp3) is 0.263. The molecular formula is C19H20F2N2. The molecule has 2 rings (SSSR count). The Hall–Kier alpha value is -2.36. The number of rotatable bonds is 7. The Kier molecular flexibility index (Phi) is 6.60. The molecule has 0 amide bonds. The van der Waals surface area contributed by atoms with Gasteiger partial charge < -0.3 is 0 Å². The van der Waals surface area contributed by atoms with Gasteiger partial charge in [0.05, 0.1) is 12.4 Å². The van der Waals surface area contributed by atoms with E-state index < -0.39 is 6.43 Å². The molecule has 0 bridgehead atoms. The van der Waals surface area contributed by atoms with Crippen molar-refractivity contribution in [1.29, 1.82) is 0 Å². The van der Waals surface area contributed by atoms with Crippen LogP contribution >= 0.6 is 0 Å². The molecule has 0 unspecified atom stereocenters. The first-order valence-corrected chi connectivity index (χ1v) is 7.72. The predicted octanol–water partition coefficient (Wildman–Crippen LogP) is 5.42. The molecule has 0 aliphatic rings. The lowest BCUT2D eigenvalue weighted by atomic mass is 10.1. The highest BCUT2D eigenvalue weighted by molar-refractivity contribution is 5.82. The molecule has 0 saturated carbocycles. The van der Waals surface area contributed by atoms with Gasteiger partial charge in [0.25, 0.3) is 6.43 Å². The van der Waals surface area contributed by atoms with Crippen molar-refractivity contribution in [1.82, 2.24) is 0 Å². The van der Waals surface area contributed by atoms with E-state index in [1.54, 1.807) is 24.6 Å². The van der Waals surface area contributed by atoms with Crippen molar-refractivity contribution in [3.63, 3.8) is 0 Å².